The Morgan fingerprint density at radius 1 is 1.12 bits per heavy atom. The molecule has 0 aliphatic carbocycles. The molecule has 0 heterocycles. The molecule has 5 N–H and O–H groups in total. The molecule has 1 unspecified atom stereocenters. The van der Waals surface area contributed by atoms with Crippen LogP contribution >= 0.6 is 0 Å². The van der Waals surface area contributed by atoms with Gasteiger partial charge in [-0.1, -0.05) is 30.3 Å². The number of nitrogens with one attached hydrogen (secondary N) is 3. The Kier molecular flexibility index (Phi) is 9.14. The van der Waals surface area contributed by atoms with Crippen LogP contribution in [0.4, 0.5) is 0 Å². The standard InChI is InChI=1S/C17H26N4O3/c1-19-10-11-20-17(24)14(12-15(18)22)21-16(23)9-5-8-13-6-3-2-4-7-13/h2-4,6-7,14,19H,5,8-12H2,1H3,(H2,18,22)(H,20,24)(H,21,23). The van der Waals surface area contributed by atoms with E-state index < -0.39 is 17.9 Å². The van der Waals surface area contributed by atoms with Gasteiger partial charge < -0.3 is 21.7 Å². The summed E-state index contributed by atoms with van der Waals surface area (Å²) in [5.74, 6) is -1.30. The van der Waals surface area contributed by atoms with Crippen LogP contribution in [-0.4, -0.2) is 43.9 Å². The maximum absolute atomic E-state index is 12.0. The van der Waals surface area contributed by atoms with E-state index in [1.54, 1.807) is 7.05 Å². The van der Waals surface area contributed by atoms with E-state index in [0.717, 1.165) is 12.0 Å². The molecular formula is C17H26N4O3. The largest absolute Gasteiger partial charge is 0.370 e. The molecule has 0 saturated heterocycles. The van der Waals surface area contributed by atoms with Crippen molar-refractivity contribution < 1.29 is 14.4 Å². The second kappa shape index (κ2) is 11.2. The number of primary amides is 1. The molecule has 24 heavy (non-hydrogen) atoms. The van der Waals surface area contributed by atoms with E-state index in [-0.39, 0.29) is 18.7 Å². The first-order valence-electron chi connectivity index (χ1n) is 8.07. The third-order valence-corrected chi connectivity index (χ3v) is 3.44. The van der Waals surface area contributed by atoms with Crippen LogP contribution in [0.3, 0.4) is 0 Å². The van der Waals surface area contributed by atoms with Gasteiger partial charge in [-0.3, -0.25) is 14.4 Å². The minimum absolute atomic E-state index is 0.212. The first-order valence-corrected chi connectivity index (χ1v) is 8.07. The maximum Gasteiger partial charge on any atom is 0.243 e. The molecule has 7 heteroatoms. The summed E-state index contributed by atoms with van der Waals surface area (Å²) < 4.78 is 0. The lowest BCUT2D eigenvalue weighted by molar-refractivity contribution is -0.131. The molecule has 0 aromatic heterocycles. The molecule has 1 atom stereocenters. The molecule has 0 fully saturated rings. The highest BCUT2D eigenvalue weighted by Crippen LogP contribution is 2.05. The molecular weight excluding hydrogens is 308 g/mol. The Bertz CT molecular complexity index is 534. The summed E-state index contributed by atoms with van der Waals surface area (Å²) in [6, 6.07) is 8.92. The average molecular weight is 334 g/mol. The predicted molar refractivity (Wildman–Crippen MR) is 92.1 cm³/mol. The SMILES string of the molecule is CNCCNC(=O)C(CC(N)=O)NC(=O)CCCc1ccccc1. The van der Waals surface area contributed by atoms with Gasteiger partial charge in [0.05, 0.1) is 6.42 Å². The Labute approximate surface area is 142 Å². The van der Waals surface area contributed by atoms with Crippen LogP contribution in [0, 0.1) is 0 Å². The number of hydrogen-bond acceptors (Lipinski definition) is 4. The van der Waals surface area contributed by atoms with Gasteiger partial charge in [0, 0.05) is 19.5 Å². The first-order chi connectivity index (χ1) is 11.5. The molecule has 0 spiro atoms. The number of benzene rings is 1. The molecule has 132 valence electrons. The Balaban J connectivity index is 2.42. The predicted octanol–water partition coefficient (Wildman–Crippen LogP) is -0.295. The molecule has 7 nitrogen and oxygen atoms in total. The van der Waals surface area contributed by atoms with Crippen molar-refractivity contribution in [3.63, 3.8) is 0 Å². The van der Waals surface area contributed by atoms with Gasteiger partial charge in [0.15, 0.2) is 0 Å². The van der Waals surface area contributed by atoms with Crippen molar-refractivity contribution in [1.29, 1.82) is 0 Å². The van der Waals surface area contributed by atoms with Gasteiger partial charge in [-0.05, 0) is 25.5 Å². The van der Waals surface area contributed by atoms with Crippen molar-refractivity contribution in [3.05, 3.63) is 35.9 Å². The Morgan fingerprint density at radius 2 is 1.83 bits per heavy atom. The van der Waals surface area contributed by atoms with Crippen LogP contribution < -0.4 is 21.7 Å². The summed E-state index contributed by atoms with van der Waals surface area (Å²) in [7, 11) is 1.77. The smallest absolute Gasteiger partial charge is 0.243 e. The van der Waals surface area contributed by atoms with Crippen molar-refractivity contribution in [1.82, 2.24) is 16.0 Å². The molecule has 1 aromatic carbocycles. The number of aryl methyl sites for hydroxylation is 1. The average Bonchev–Trinajstić information content (AvgIpc) is 2.55. The van der Waals surface area contributed by atoms with Crippen LogP contribution in [0.1, 0.15) is 24.8 Å². The number of rotatable bonds is 11. The van der Waals surface area contributed by atoms with E-state index >= 15 is 0 Å². The fourth-order valence-corrected chi connectivity index (χ4v) is 2.21. The summed E-state index contributed by atoms with van der Waals surface area (Å²) in [4.78, 5) is 35.1. The molecule has 1 rings (SSSR count). The van der Waals surface area contributed by atoms with Crippen LogP contribution in [-0.2, 0) is 20.8 Å². The van der Waals surface area contributed by atoms with E-state index in [4.69, 9.17) is 5.73 Å². The number of amides is 3. The molecule has 0 bridgehead atoms. The van der Waals surface area contributed by atoms with Crippen LogP contribution in [0.2, 0.25) is 0 Å². The monoisotopic (exact) mass is 334 g/mol. The fourth-order valence-electron chi connectivity index (χ4n) is 2.21. The molecule has 0 radical (unpaired) electrons. The molecule has 3 amide bonds. The summed E-state index contributed by atoms with van der Waals surface area (Å²) in [6.45, 7) is 1.01. The fraction of sp³-hybridized carbons (Fsp3) is 0.471. The van der Waals surface area contributed by atoms with Crippen molar-refractivity contribution in [3.8, 4) is 0 Å². The molecule has 0 saturated carbocycles. The van der Waals surface area contributed by atoms with Crippen molar-refractivity contribution >= 4 is 17.7 Å². The van der Waals surface area contributed by atoms with E-state index in [0.29, 0.717) is 19.5 Å². The van der Waals surface area contributed by atoms with E-state index in [1.807, 2.05) is 30.3 Å². The topological polar surface area (TPSA) is 113 Å². The lowest BCUT2D eigenvalue weighted by atomic mass is 10.1. The van der Waals surface area contributed by atoms with Gasteiger partial charge in [-0.2, -0.15) is 0 Å². The summed E-state index contributed by atoms with van der Waals surface area (Å²) in [6.07, 6.45) is 1.52. The molecule has 0 aliphatic rings. The van der Waals surface area contributed by atoms with Crippen LogP contribution in [0.25, 0.3) is 0 Å². The van der Waals surface area contributed by atoms with Gasteiger partial charge in [-0.25, -0.2) is 0 Å². The maximum atomic E-state index is 12.0. The highest BCUT2D eigenvalue weighted by molar-refractivity contribution is 5.91. The highest BCUT2D eigenvalue weighted by atomic mass is 16.2. The summed E-state index contributed by atoms with van der Waals surface area (Å²) >= 11 is 0. The minimum Gasteiger partial charge on any atom is -0.370 e. The first kappa shape index (κ1) is 19.6. The zero-order valence-corrected chi connectivity index (χ0v) is 14.0. The van der Waals surface area contributed by atoms with Crippen molar-refractivity contribution in [2.75, 3.05) is 20.1 Å². The Morgan fingerprint density at radius 3 is 2.46 bits per heavy atom. The summed E-state index contributed by atoms with van der Waals surface area (Å²) in [5, 5.41) is 8.13. The number of likely N-dealkylation sites (N-methyl/N-ethyl adjacent to an activating group) is 1. The third-order valence-electron chi connectivity index (χ3n) is 3.44. The van der Waals surface area contributed by atoms with E-state index in [1.165, 1.54) is 0 Å². The third kappa shape index (κ3) is 8.28. The Hall–Kier alpha value is -2.41. The normalized spacial score (nSPS) is 11.5. The lowest BCUT2D eigenvalue weighted by Gasteiger charge is -2.17. The number of carbonyl (C=O) groups excluding carboxylic acids is 3. The molecule has 1 aromatic rings. The lowest BCUT2D eigenvalue weighted by Crippen LogP contribution is -2.49. The highest BCUT2D eigenvalue weighted by Gasteiger charge is 2.22. The van der Waals surface area contributed by atoms with Gasteiger partial charge in [-0.15, -0.1) is 0 Å². The zero-order valence-electron chi connectivity index (χ0n) is 14.0. The van der Waals surface area contributed by atoms with Gasteiger partial charge in [0.2, 0.25) is 17.7 Å². The summed E-state index contributed by atoms with van der Waals surface area (Å²) in [5.41, 5.74) is 6.31. The van der Waals surface area contributed by atoms with Crippen LogP contribution in [0.5, 0.6) is 0 Å². The van der Waals surface area contributed by atoms with E-state index in [9.17, 15) is 14.4 Å². The van der Waals surface area contributed by atoms with Gasteiger partial charge in [0.1, 0.15) is 6.04 Å². The number of carbonyl (C=O) groups is 3. The van der Waals surface area contributed by atoms with E-state index in [2.05, 4.69) is 16.0 Å². The van der Waals surface area contributed by atoms with Crippen LogP contribution in [0.15, 0.2) is 30.3 Å². The number of nitrogens with two attached hydrogens (primary N) is 1. The van der Waals surface area contributed by atoms with Gasteiger partial charge in [0.25, 0.3) is 0 Å². The zero-order chi connectivity index (χ0) is 17.8. The van der Waals surface area contributed by atoms with Gasteiger partial charge >= 0.3 is 0 Å². The number of hydrogen-bond donors (Lipinski definition) is 4. The molecule has 0 aliphatic heterocycles. The second-order valence-electron chi connectivity index (χ2n) is 5.52. The van der Waals surface area contributed by atoms with Crippen molar-refractivity contribution in [2.45, 2.75) is 31.7 Å². The van der Waals surface area contributed by atoms with Crippen molar-refractivity contribution in [2.24, 2.45) is 5.73 Å². The minimum atomic E-state index is -0.927. The quantitative estimate of drug-likeness (QED) is 0.416. The second-order valence-corrected chi connectivity index (χ2v) is 5.52.